The molecule has 0 fully saturated rings. The molecule has 0 saturated carbocycles. The number of rotatable bonds is 16. The van der Waals surface area contributed by atoms with Crippen LogP contribution in [0.5, 0.6) is 0 Å². The number of ether oxygens (including phenoxy) is 1. The maximum atomic E-state index is 10.2. The highest BCUT2D eigenvalue weighted by molar-refractivity contribution is 5.89. The van der Waals surface area contributed by atoms with Gasteiger partial charge in [-0.2, -0.15) is 0 Å². The fraction of sp³-hybridized carbons (Fsp3) is 0.444. The monoisotopic (exact) mass is 492 g/mol. The Hall–Kier alpha value is -3.23. The zero-order valence-electron chi connectivity index (χ0n) is 21.4. The highest BCUT2D eigenvalue weighted by atomic mass is 16.5. The van der Waals surface area contributed by atoms with E-state index in [1.54, 1.807) is 0 Å². The maximum absolute atomic E-state index is 10.2. The van der Waals surface area contributed by atoms with Crippen LogP contribution in [-0.4, -0.2) is 38.1 Å². The Morgan fingerprint density at radius 2 is 1.14 bits per heavy atom. The molecule has 0 aromatic carbocycles. The molecule has 0 atom stereocenters. The van der Waals surface area contributed by atoms with Gasteiger partial charge in [0.25, 0.3) is 0 Å². The molecule has 0 aromatic rings. The SMILES string of the molecule is CC/C=C\C/C=C\C/C=C\C/C=C\C/C=C\CCCC(=O)[O-].COC(=O)/C=C/C(=O)[O-].[NH3+]CC[NH3+]. The van der Waals surface area contributed by atoms with Crippen LogP contribution in [0.15, 0.2) is 72.9 Å². The number of allylic oxidation sites excluding steroid dienone is 10. The van der Waals surface area contributed by atoms with Crippen molar-refractivity contribution in [3.8, 4) is 0 Å². The zero-order chi connectivity index (χ0) is 27.0. The van der Waals surface area contributed by atoms with Crippen LogP contribution >= 0.6 is 0 Å². The third-order valence-corrected chi connectivity index (χ3v) is 3.72. The number of quaternary nitrogens is 2. The summed E-state index contributed by atoms with van der Waals surface area (Å²) in [5.74, 6) is -3.09. The summed E-state index contributed by atoms with van der Waals surface area (Å²) in [4.78, 5) is 29.9. The lowest BCUT2D eigenvalue weighted by Crippen LogP contribution is -2.64. The molecule has 8 heteroatoms. The van der Waals surface area contributed by atoms with Crippen LogP contribution in [0.1, 0.15) is 58.3 Å². The summed E-state index contributed by atoms with van der Waals surface area (Å²) in [6.45, 7) is 4.06. The molecule has 0 heterocycles. The van der Waals surface area contributed by atoms with Gasteiger partial charge in [-0.05, 0) is 57.4 Å². The van der Waals surface area contributed by atoms with Crippen molar-refractivity contribution in [1.82, 2.24) is 0 Å². The number of carboxylic acid groups (broad SMARTS) is 2. The first-order valence-corrected chi connectivity index (χ1v) is 11.9. The molecule has 0 amide bonds. The lowest BCUT2D eigenvalue weighted by molar-refractivity contribution is -0.453. The highest BCUT2D eigenvalue weighted by Crippen LogP contribution is 1.98. The van der Waals surface area contributed by atoms with Gasteiger partial charge in [0.2, 0.25) is 0 Å². The molecule has 0 radical (unpaired) electrons. The van der Waals surface area contributed by atoms with Gasteiger partial charge in [0.15, 0.2) is 0 Å². The molecular formula is C27H44N2O6. The van der Waals surface area contributed by atoms with Gasteiger partial charge >= 0.3 is 5.97 Å². The van der Waals surface area contributed by atoms with Crippen molar-refractivity contribution in [3.63, 3.8) is 0 Å². The Labute approximate surface area is 210 Å². The van der Waals surface area contributed by atoms with Crippen LogP contribution < -0.4 is 21.7 Å². The minimum absolute atomic E-state index is 0.147. The average Bonchev–Trinajstić information content (AvgIpc) is 2.84. The second kappa shape index (κ2) is 32.9. The lowest BCUT2D eigenvalue weighted by Gasteiger charge is -1.97. The van der Waals surface area contributed by atoms with Crippen LogP contribution in [0.3, 0.4) is 0 Å². The van der Waals surface area contributed by atoms with Crippen molar-refractivity contribution in [2.45, 2.75) is 58.3 Å². The Bertz CT molecular complexity index is 690. The number of unbranched alkanes of at least 4 members (excludes halogenated alkanes) is 1. The summed E-state index contributed by atoms with van der Waals surface area (Å²) in [5, 5.41) is 19.8. The van der Waals surface area contributed by atoms with Gasteiger partial charge in [-0.25, -0.2) is 4.79 Å². The minimum Gasteiger partial charge on any atom is -0.550 e. The van der Waals surface area contributed by atoms with E-state index in [2.05, 4.69) is 77.8 Å². The maximum Gasteiger partial charge on any atom is 0.330 e. The molecular weight excluding hydrogens is 448 g/mol. The molecule has 0 aliphatic heterocycles. The number of carbonyl (C=O) groups is 3. The Kier molecular flexibility index (Phi) is 34.2. The first-order chi connectivity index (χ1) is 16.8. The Morgan fingerprint density at radius 1 is 0.714 bits per heavy atom. The molecule has 0 aromatic heterocycles. The van der Waals surface area contributed by atoms with Crippen molar-refractivity contribution in [3.05, 3.63) is 72.9 Å². The van der Waals surface area contributed by atoms with Crippen LogP contribution in [-0.2, 0) is 19.1 Å². The first kappa shape index (κ1) is 36.3. The number of carboxylic acids is 2. The Balaban J connectivity index is -0.000000646. The minimum atomic E-state index is -1.42. The molecule has 0 rings (SSSR count). The lowest BCUT2D eigenvalue weighted by atomic mass is 10.2. The normalized spacial score (nSPS) is 11.3. The third-order valence-electron chi connectivity index (χ3n) is 3.72. The predicted molar refractivity (Wildman–Crippen MR) is 135 cm³/mol. The van der Waals surface area contributed by atoms with Crippen molar-refractivity contribution >= 4 is 17.9 Å². The van der Waals surface area contributed by atoms with E-state index in [9.17, 15) is 24.6 Å². The molecule has 0 unspecified atom stereocenters. The van der Waals surface area contributed by atoms with Crippen molar-refractivity contribution in [2.24, 2.45) is 0 Å². The molecule has 0 bridgehead atoms. The summed E-state index contributed by atoms with van der Waals surface area (Å²) < 4.78 is 4.08. The second-order valence-corrected chi connectivity index (χ2v) is 6.85. The summed E-state index contributed by atoms with van der Waals surface area (Å²) in [6.07, 6.45) is 29.5. The van der Waals surface area contributed by atoms with Crippen molar-refractivity contribution in [2.75, 3.05) is 20.2 Å². The zero-order valence-corrected chi connectivity index (χ0v) is 21.4. The number of hydrogen-bond donors (Lipinski definition) is 2. The smallest absolute Gasteiger partial charge is 0.330 e. The first-order valence-electron chi connectivity index (χ1n) is 11.9. The summed E-state index contributed by atoms with van der Waals surface area (Å²) in [7, 11) is 1.15. The number of esters is 1. The molecule has 0 aliphatic rings. The van der Waals surface area contributed by atoms with Crippen molar-refractivity contribution in [1.29, 1.82) is 0 Å². The number of methoxy groups -OCH3 is 1. The van der Waals surface area contributed by atoms with E-state index in [0.29, 0.717) is 12.5 Å². The van der Waals surface area contributed by atoms with Gasteiger partial charge in [-0.15, -0.1) is 0 Å². The van der Waals surface area contributed by atoms with Gasteiger partial charge in [-0.1, -0.05) is 67.7 Å². The molecule has 35 heavy (non-hydrogen) atoms. The summed E-state index contributed by atoms with van der Waals surface area (Å²) >= 11 is 0. The molecule has 6 N–H and O–H groups in total. The van der Waals surface area contributed by atoms with Crippen LogP contribution in [0.4, 0.5) is 0 Å². The van der Waals surface area contributed by atoms with E-state index < -0.39 is 17.9 Å². The fourth-order valence-corrected chi connectivity index (χ4v) is 1.94. The highest BCUT2D eigenvalue weighted by Gasteiger charge is 1.87. The number of carbonyl (C=O) groups excluding carboxylic acids is 3. The third kappa shape index (κ3) is 45.1. The van der Waals surface area contributed by atoms with E-state index in [4.69, 9.17) is 0 Å². The standard InChI is InChI=1S/C20H30O2.C5H6O4.C2H8N2/c1-2-3-4-5-6-7-8-9-10-11-12-13-14-15-16-17-18-19-20(21)22;1-9-5(8)3-2-4(6)7;3-1-2-4/h3-4,6-7,9-10,12-13,15-16H,2,5,8,11,14,17-19H2,1H3,(H,21,22);2-3H,1H3,(H,6,7);1-4H2/b4-3-,7-6-,10-9-,13-12-,16-15-;3-2+;. The van der Waals surface area contributed by atoms with Gasteiger partial charge in [0, 0.05) is 12.0 Å². The molecule has 0 saturated heterocycles. The van der Waals surface area contributed by atoms with E-state index >= 15 is 0 Å². The van der Waals surface area contributed by atoms with Crippen LogP contribution in [0.25, 0.3) is 0 Å². The van der Waals surface area contributed by atoms with Crippen LogP contribution in [0.2, 0.25) is 0 Å². The van der Waals surface area contributed by atoms with E-state index in [-0.39, 0.29) is 6.42 Å². The van der Waals surface area contributed by atoms with Crippen molar-refractivity contribution < 1.29 is 40.8 Å². The Morgan fingerprint density at radius 3 is 1.49 bits per heavy atom. The number of hydrogen-bond acceptors (Lipinski definition) is 6. The summed E-state index contributed by atoms with van der Waals surface area (Å²) in [6, 6.07) is 0. The van der Waals surface area contributed by atoms with Gasteiger partial charge in [0.1, 0.15) is 13.1 Å². The summed E-state index contributed by atoms with van der Waals surface area (Å²) in [5.41, 5.74) is 7.08. The van der Waals surface area contributed by atoms with Gasteiger partial charge in [-0.3, -0.25) is 0 Å². The second-order valence-electron chi connectivity index (χ2n) is 6.85. The van der Waals surface area contributed by atoms with Gasteiger partial charge < -0.3 is 36.0 Å². The predicted octanol–water partition coefficient (Wildman–Crippen LogP) is 0.594. The van der Waals surface area contributed by atoms with Crippen LogP contribution in [0, 0.1) is 0 Å². The topological polar surface area (TPSA) is 162 Å². The molecule has 0 spiro atoms. The van der Waals surface area contributed by atoms with Gasteiger partial charge in [0.05, 0.1) is 13.1 Å². The van der Waals surface area contributed by atoms with E-state index in [0.717, 1.165) is 64.8 Å². The van der Waals surface area contributed by atoms with E-state index in [1.165, 1.54) is 0 Å². The number of aliphatic carboxylic acids is 2. The average molecular weight is 493 g/mol. The molecule has 8 nitrogen and oxygen atoms in total. The van der Waals surface area contributed by atoms with E-state index in [1.807, 2.05) is 6.08 Å². The molecule has 0 aliphatic carbocycles. The largest absolute Gasteiger partial charge is 0.550 e. The molecule has 198 valence electrons. The fourth-order valence-electron chi connectivity index (χ4n) is 1.94. The quantitative estimate of drug-likeness (QED) is 0.139.